The van der Waals surface area contributed by atoms with Crippen molar-refractivity contribution in [1.82, 2.24) is 4.98 Å². The van der Waals surface area contributed by atoms with Gasteiger partial charge in [-0.25, -0.2) is 4.98 Å². The zero-order chi connectivity index (χ0) is 17.6. The van der Waals surface area contributed by atoms with E-state index in [2.05, 4.69) is 32.0 Å². The van der Waals surface area contributed by atoms with E-state index in [9.17, 15) is 4.79 Å². The predicted molar refractivity (Wildman–Crippen MR) is 103 cm³/mol. The Kier molecular flexibility index (Phi) is 6.39. The molecule has 0 unspecified atom stereocenters. The molecule has 5 nitrogen and oxygen atoms in total. The number of nitrogens with zero attached hydrogens (tertiary/aromatic N) is 2. The Labute approximate surface area is 153 Å². The molecule has 1 N–H and O–H groups in total. The van der Waals surface area contributed by atoms with Gasteiger partial charge in [0.2, 0.25) is 5.91 Å². The van der Waals surface area contributed by atoms with E-state index < -0.39 is 0 Å². The molecule has 1 aromatic heterocycles. The summed E-state index contributed by atoms with van der Waals surface area (Å²) in [4.78, 5) is 20.9. The molecule has 0 aliphatic carbocycles. The first kappa shape index (κ1) is 18.3. The molecular weight excluding hydrogens is 334 g/mol. The summed E-state index contributed by atoms with van der Waals surface area (Å²) in [6, 6.07) is 6.22. The van der Waals surface area contributed by atoms with Crippen LogP contribution >= 0.6 is 11.3 Å². The van der Waals surface area contributed by atoms with Crippen molar-refractivity contribution in [2.75, 3.05) is 44.3 Å². The van der Waals surface area contributed by atoms with E-state index in [-0.39, 0.29) is 5.91 Å². The van der Waals surface area contributed by atoms with Crippen molar-refractivity contribution < 1.29 is 14.4 Å². The second-order valence-electron chi connectivity index (χ2n) is 6.68. The molecule has 1 amide bonds. The summed E-state index contributed by atoms with van der Waals surface area (Å²) < 4.78 is 6.57. The molecule has 0 spiro atoms. The van der Waals surface area contributed by atoms with Crippen molar-refractivity contribution in [2.45, 2.75) is 33.1 Å². The molecule has 25 heavy (non-hydrogen) atoms. The van der Waals surface area contributed by atoms with Crippen LogP contribution in [0.15, 0.2) is 18.2 Å². The molecule has 6 heteroatoms. The lowest BCUT2D eigenvalue weighted by Gasteiger charge is -2.25. The number of fused-ring (bicyclic) bond motifs is 1. The third kappa shape index (κ3) is 4.57. The van der Waals surface area contributed by atoms with Crippen molar-refractivity contribution in [1.29, 1.82) is 0 Å². The van der Waals surface area contributed by atoms with Gasteiger partial charge in [0.15, 0.2) is 5.13 Å². The maximum atomic E-state index is 12.7. The zero-order valence-corrected chi connectivity index (χ0v) is 16.0. The molecule has 0 bridgehead atoms. The number of aryl methyl sites for hydroxylation is 1. The number of benzene rings is 1. The number of hydrogen-bond donors (Lipinski definition) is 1. The van der Waals surface area contributed by atoms with Gasteiger partial charge in [0.25, 0.3) is 0 Å². The predicted octanol–water partition coefficient (Wildman–Crippen LogP) is 2.04. The first-order valence-electron chi connectivity index (χ1n) is 9.27. The molecule has 136 valence electrons. The van der Waals surface area contributed by atoms with E-state index in [0.717, 1.165) is 67.6 Å². The summed E-state index contributed by atoms with van der Waals surface area (Å²) in [7, 11) is 0. The quantitative estimate of drug-likeness (QED) is 0.820. The maximum Gasteiger partial charge on any atom is 0.228 e. The smallest absolute Gasteiger partial charge is 0.228 e. The molecule has 3 rings (SSSR count). The minimum absolute atomic E-state index is 0.191. The van der Waals surface area contributed by atoms with Gasteiger partial charge in [0, 0.05) is 19.4 Å². The van der Waals surface area contributed by atoms with Crippen LogP contribution in [0.3, 0.4) is 0 Å². The van der Waals surface area contributed by atoms with Crippen molar-refractivity contribution in [3.63, 3.8) is 0 Å². The maximum absolute atomic E-state index is 12.7. The normalized spacial score (nSPS) is 15.6. The number of carbonyl (C=O) groups excluding carboxylic acids is 1. The number of morpholine rings is 1. The van der Waals surface area contributed by atoms with Gasteiger partial charge in [-0.05, 0) is 25.0 Å². The number of anilines is 1. The van der Waals surface area contributed by atoms with Gasteiger partial charge in [-0.3, -0.25) is 9.69 Å². The molecule has 2 heterocycles. The summed E-state index contributed by atoms with van der Waals surface area (Å²) in [5, 5.41) is 0.847. The number of thiazole rings is 1. The second-order valence-corrected chi connectivity index (χ2v) is 7.69. The van der Waals surface area contributed by atoms with Crippen LogP contribution in [-0.4, -0.2) is 50.3 Å². The number of ether oxygens (including phenoxy) is 1. The van der Waals surface area contributed by atoms with Crippen LogP contribution in [0.2, 0.25) is 0 Å². The summed E-state index contributed by atoms with van der Waals surface area (Å²) in [6.07, 6.45) is 2.45. The average molecular weight is 363 g/mol. The molecule has 0 radical (unpaired) electrons. The summed E-state index contributed by atoms with van der Waals surface area (Å²) in [5.74, 6) is 0.191. The second kappa shape index (κ2) is 8.74. The fraction of sp³-hybridized carbons (Fsp3) is 0.579. The number of aromatic nitrogens is 1. The average Bonchev–Trinajstić information content (AvgIpc) is 3.05. The van der Waals surface area contributed by atoms with Crippen LogP contribution in [0, 0.1) is 6.92 Å². The molecule has 1 saturated heterocycles. The Morgan fingerprint density at radius 2 is 2.16 bits per heavy atom. The third-order valence-electron chi connectivity index (χ3n) is 4.72. The third-order valence-corrected chi connectivity index (χ3v) is 5.76. The lowest BCUT2D eigenvalue weighted by Crippen LogP contribution is -3.14. The van der Waals surface area contributed by atoms with Gasteiger partial charge < -0.3 is 9.64 Å². The van der Waals surface area contributed by atoms with E-state index in [4.69, 9.17) is 9.72 Å². The first-order chi connectivity index (χ1) is 12.2. The summed E-state index contributed by atoms with van der Waals surface area (Å²) >= 11 is 1.63. The van der Waals surface area contributed by atoms with Gasteiger partial charge in [-0.2, -0.15) is 0 Å². The van der Waals surface area contributed by atoms with Gasteiger partial charge >= 0.3 is 0 Å². The lowest BCUT2D eigenvalue weighted by molar-refractivity contribution is -0.908. The van der Waals surface area contributed by atoms with Gasteiger partial charge in [-0.15, -0.1) is 0 Å². The van der Waals surface area contributed by atoms with E-state index in [1.807, 2.05) is 4.90 Å². The lowest BCUT2D eigenvalue weighted by atomic mass is 10.2. The van der Waals surface area contributed by atoms with E-state index in [0.29, 0.717) is 6.42 Å². The fourth-order valence-corrected chi connectivity index (χ4v) is 4.35. The topological polar surface area (TPSA) is 46.9 Å². The summed E-state index contributed by atoms with van der Waals surface area (Å²) in [5.41, 5.74) is 2.19. The fourth-order valence-electron chi connectivity index (χ4n) is 3.26. The molecule has 1 aliphatic heterocycles. The summed E-state index contributed by atoms with van der Waals surface area (Å²) in [6.45, 7) is 9.82. The monoisotopic (exact) mass is 362 g/mol. The minimum atomic E-state index is 0.191. The number of amides is 1. The Bertz CT molecular complexity index is 710. The van der Waals surface area contributed by atoms with E-state index >= 15 is 0 Å². The molecule has 0 saturated carbocycles. The number of rotatable bonds is 7. The van der Waals surface area contributed by atoms with Gasteiger partial charge in [0.1, 0.15) is 13.1 Å². The zero-order valence-electron chi connectivity index (χ0n) is 15.2. The van der Waals surface area contributed by atoms with Crippen LogP contribution in [-0.2, 0) is 9.53 Å². The number of nitrogens with one attached hydrogen (secondary N) is 1. The minimum Gasteiger partial charge on any atom is -0.370 e. The van der Waals surface area contributed by atoms with Crippen molar-refractivity contribution in [2.24, 2.45) is 0 Å². The molecule has 1 aliphatic rings. The van der Waals surface area contributed by atoms with E-state index in [1.165, 1.54) is 5.56 Å². The van der Waals surface area contributed by atoms with Crippen LogP contribution in [0.5, 0.6) is 0 Å². The van der Waals surface area contributed by atoms with E-state index in [1.54, 1.807) is 16.2 Å². The number of para-hydroxylation sites is 1. The Hall–Kier alpha value is -1.50. The van der Waals surface area contributed by atoms with Crippen molar-refractivity contribution in [3.8, 4) is 0 Å². The number of carbonyl (C=O) groups is 1. The number of hydrogen-bond acceptors (Lipinski definition) is 4. The molecular formula is C19H28N3O2S+. The first-order valence-corrected chi connectivity index (χ1v) is 10.1. The molecule has 0 atom stereocenters. The van der Waals surface area contributed by atoms with Crippen LogP contribution in [0.25, 0.3) is 10.2 Å². The highest BCUT2D eigenvalue weighted by Gasteiger charge is 2.21. The van der Waals surface area contributed by atoms with Gasteiger partial charge in [-0.1, -0.05) is 30.4 Å². The molecule has 1 aromatic carbocycles. The van der Waals surface area contributed by atoms with Crippen LogP contribution in [0.4, 0.5) is 5.13 Å². The standard InChI is InChI=1S/C19H27N3O2S/c1-3-6-17(23)22(10-5-9-21-11-13-24-14-12-21)19-20-18-15(2)7-4-8-16(18)25-19/h4,7-8H,3,5-6,9-14H2,1-2H3/p+1. The van der Waals surface area contributed by atoms with Crippen LogP contribution < -0.4 is 9.80 Å². The highest BCUT2D eigenvalue weighted by atomic mass is 32.1. The Morgan fingerprint density at radius 3 is 2.88 bits per heavy atom. The SMILES string of the molecule is CCCC(=O)N(CCC[NH+]1CCOCC1)c1nc2c(C)cccc2s1. The van der Waals surface area contributed by atoms with Crippen molar-refractivity contribution >= 4 is 32.6 Å². The Balaban J connectivity index is 1.71. The highest BCUT2D eigenvalue weighted by molar-refractivity contribution is 7.22. The Morgan fingerprint density at radius 1 is 1.36 bits per heavy atom. The molecule has 2 aromatic rings. The van der Waals surface area contributed by atoms with Gasteiger partial charge in [0.05, 0.1) is 30.0 Å². The number of quaternary nitrogens is 1. The largest absolute Gasteiger partial charge is 0.370 e. The van der Waals surface area contributed by atoms with Crippen molar-refractivity contribution in [3.05, 3.63) is 23.8 Å². The molecule has 1 fully saturated rings. The van der Waals surface area contributed by atoms with Crippen LogP contribution in [0.1, 0.15) is 31.7 Å². The highest BCUT2D eigenvalue weighted by Crippen LogP contribution is 2.31.